The van der Waals surface area contributed by atoms with Crippen molar-refractivity contribution in [1.82, 2.24) is 4.57 Å². The average molecular weight is 798 g/mol. The quantitative estimate of drug-likeness (QED) is 0.127. The van der Waals surface area contributed by atoms with Gasteiger partial charge in [-0.1, -0.05) is 77.0 Å². The Hall–Kier alpha value is -3.54. The third-order valence-corrected chi connectivity index (χ3v) is 10.7. The van der Waals surface area contributed by atoms with E-state index in [-0.39, 0.29) is 17.9 Å². The van der Waals surface area contributed by atoms with Crippen LogP contribution in [-0.2, 0) is 13.0 Å². The molecule has 46 heavy (non-hydrogen) atoms. The molecule has 0 N–H and O–H groups in total. The van der Waals surface area contributed by atoms with Gasteiger partial charge in [-0.2, -0.15) is 0 Å². The highest BCUT2D eigenvalue weighted by atomic mass is 79.9. The SMILES string of the molecule is O=c1/c(=C\c2cc(Br)c(OCc3ccc(Cl)cc3Cl)c(Br)c2)sc2n1[C@@H](c1cccc([N+](=O)[O-])c1)C1=C(N=2)c2ccccc2CC1. The van der Waals surface area contributed by atoms with E-state index < -0.39 is 11.0 Å². The maximum absolute atomic E-state index is 14.1. The van der Waals surface area contributed by atoms with E-state index in [1.165, 1.54) is 23.0 Å². The normalized spacial score (nSPS) is 15.6. The molecule has 0 saturated heterocycles. The lowest BCUT2D eigenvalue weighted by atomic mass is 9.83. The molecule has 0 fully saturated rings. The van der Waals surface area contributed by atoms with Crippen LogP contribution >= 0.6 is 66.4 Å². The number of nitrogens with zero attached hydrogens (tertiary/aromatic N) is 3. The predicted molar refractivity (Wildman–Crippen MR) is 188 cm³/mol. The molecule has 1 aliphatic carbocycles. The zero-order valence-electron chi connectivity index (χ0n) is 23.7. The number of rotatable bonds is 6. The summed E-state index contributed by atoms with van der Waals surface area (Å²) in [5.41, 5.74) is 6.03. The van der Waals surface area contributed by atoms with Gasteiger partial charge in [0.1, 0.15) is 12.4 Å². The van der Waals surface area contributed by atoms with Gasteiger partial charge in [0.15, 0.2) is 4.80 Å². The molecule has 230 valence electrons. The van der Waals surface area contributed by atoms with Crippen molar-refractivity contribution in [3.05, 3.63) is 161 Å². The van der Waals surface area contributed by atoms with Crippen molar-refractivity contribution in [2.45, 2.75) is 25.5 Å². The lowest BCUT2D eigenvalue weighted by Gasteiger charge is -2.30. The molecule has 1 atom stereocenters. The number of halogens is 4. The molecule has 1 aromatic heterocycles. The Bertz CT molecular complexity index is 2280. The summed E-state index contributed by atoms with van der Waals surface area (Å²) in [5, 5.41) is 12.8. The molecule has 1 aliphatic heterocycles. The highest BCUT2D eigenvalue weighted by Gasteiger charge is 2.33. The lowest BCUT2D eigenvalue weighted by molar-refractivity contribution is -0.384. The first-order chi connectivity index (χ1) is 22.2. The van der Waals surface area contributed by atoms with Gasteiger partial charge in [-0.3, -0.25) is 19.5 Å². The second kappa shape index (κ2) is 12.6. The van der Waals surface area contributed by atoms with Crippen LogP contribution in [0, 0.1) is 10.1 Å². The lowest BCUT2D eigenvalue weighted by Crippen LogP contribution is -2.38. The average Bonchev–Trinajstić information content (AvgIpc) is 3.34. The summed E-state index contributed by atoms with van der Waals surface area (Å²) in [5.74, 6) is 0.585. The Balaban J connectivity index is 1.32. The summed E-state index contributed by atoms with van der Waals surface area (Å²) in [6.07, 6.45) is 3.30. The number of thiazole rings is 1. The fraction of sp³-hybridized carbons (Fsp3) is 0.118. The Morgan fingerprint density at radius 2 is 1.80 bits per heavy atom. The first-order valence-corrected chi connectivity index (χ1v) is 17.3. The standard InChI is InChI=1S/C34H21Br2Cl2N3O4S/c35-26-12-18(13-27(36)32(26)45-17-21-8-10-22(37)16-28(21)38)14-29-33(42)40-31(20-5-3-6-23(15-20)41(43)44)25-11-9-19-4-1-2-7-24(19)30(25)39-34(40)46-29/h1-8,10,12-16,31H,9,11,17H2/b29-14+/t31-/m0/s1. The van der Waals surface area contributed by atoms with E-state index in [4.69, 9.17) is 32.9 Å². The minimum atomic E-state index is -0.518. The van der Waals surface area contributed by atoms with Gasteiger partial charge in [-0.25, -0.2) is 4.99 Å². The minimum Gasteiger partial charge on any atom is -0.486 e. The molecule has 0 saturated carbocycles. The van der Waals surface area contributed by atoms with Gasteiger partial charge in [-0.05, 0) is 97.3 Å². The second-order valence-corrected chi connectivity index (χ2v) is 14.4. The van der Waals surface area contributed by atoms with Crippen LogP contribution in [0.15, 0.2) is 103 Å². The fourth-order valence-electron chi connectivity index (χ4n) is 5.87. The van der Waals surface area contributed by atoms with E-state index in [1.807, 2.05) is 48.5 Å². The molecule has 0 bridgehead atoms. The Morgan fingerprint density at radius 3 is 2.57 bits per heavy atom. The van der Waals surface area contributed by atoms with Crippen molar-refractivity contribution >= 4 is 83.9 Å². The number of nitro benzene ring substituents is 1. The number of non-ortho nitro benzene ring substituents is 1. The predicted octanol–water partition coefficient (Wildman–Crippen LogP) is 8.64. The van der Waals surface area contributed by atoms with Crippen LogP contribution < -0.4 is 19.6 Å². The summed E-state index contributed by atoms with van der Waals surface area (Å²) >= 11 is 20.9. The van der Waals surface area contributed by atoms with E-state index in [9.17, 15) is 14.9 Å². The molecule has 7 nitrogen and oxygen atoms in total. The highest BCUT2D eigenvalue weighted by Crippen LogP contribution is 2.42. The molecular weight excluding hydrogens is 777 g/mol. The van der Waals surface area contributed by atoms with E-state index in [0.717, 1.165) is 34.4 Å². The first kappa shape index (κ1) is 31.1. The summed E-state index contributed by atoms with van der Waals surface area (Å²) in [6, 6.07) is 23.1. The van der Waals surface area contributed by atoms with Crippen molar-refractivity contribution in [3.8, 4) is 5.75 Å². The molecule has 0 amide bonds. The fourth-order valence-corrected chi connectivity index (χ4v) is 8.79. The van der Waals surface area contributed by atoms with Crippen molar-refractivity contribution in [2.75, 3.05) is 0 Å². The minimum absolute atomic E-state index is 0.0228. The maximum atomic E-state index is 14.1. The topological polar surface area (TPSA) is 86.7 Å². The number of benzene rings is 4. The van der Waals surface area contributed by atoms with E-state index in [2.05, 4.69) is 37.9 Å². The third-order valence-electron chi connectivity index (χ3n) is 7.98. The van der Waals surface area contributed by atoms with Gasteiger partial charge in [-0.15, -0.1) is 0 Å². The Morgan fingerprint density at radius 1 is 1.02 bits per heavy atom. The van der Waals surface area contributed by atoms with Crippen molar-refractivity contribution in [3.63, 3.8) is 0 Å². The van der Waals surface area contributed by atoms with Gasteiger partial charge in [0.2, 0.25) is 0 Å². The number of aromatic nitrogens is 1. The van der Waals surface area contributed by atoms with Gasteiger partial charge in [0.05, 0.1) is 30.1 Å². The van der Waals surface area contributed by atoms with Crippen LogP contribution in [-0.4, -0.2) is 9.49 Å². The number of fused-ring (bicyclic) bond motifs is 3. The van der Waals surface area contributed by atoms with Gasteiger partial charge >= 0.3 is 0 Å². The number of nitro groups is 1. The zero-order chi connectivity index (χ0) is 32.1. The van der Waals surface area contributed by atoms with E-state index in [1.54, 1.807) is 28.8 Å². The highest BCUT2D eigenvalue weighted by molar-refractivity contribution is 9.11. The van der Waals surface area contributed by atoms with Gasteiger partial charge in [0, 0.05) is 33.3 Å². The molecule has 2 aliphatic rings. The number of hydrogen-bond donors (Lipinski definition) is 0. The number of ether oxygens (including phenoxy) is 1. The van der Waals surface area contributed by atoms with Crippen LogP contribution in [0.1, 0.15) is 40.3 Å². The summed E-state index contributed by atoms with van der Waals surface area (Å²) in [7, 11) is 0. The molecular formula is C34H21Br2Cl2N3O4S. The smallest absolute Gasteiger partial charge is 0.271 e. The summed E-state index contributed by atoms with van der Waals surface area (Å²) in [6.45, 7) is 0.233. The Kier molecular flexibility index (Phi) is 8.50. The van der Waals surface area contributed by atoms with Crippen molar-refractivity contribution in [2.24, 2.45) is 4.99 Å². The van der Waals surface area contributed by atoms with Crippen LogP contribution in [0.4, 0.5) is 5.69 Å². The van der Waals surface area contributed by atoms with Gasteiger partial charge < -0.3 is 4.74 Å². The molecule has 0 radical (unpaired) electrons. The van der Waals surface area contributed by atoms with Crippen LogP contribution in [0.25, 0.3) is 11.8 Å². The number of allylic oxidation sites excluding steroid dienone is 1. The van der Waals surface area contributed by atoms with Crippen molar-refractivity contribution in [1.29, 1.82) is 0 Å². The van der Waals surface area contributed by atoms with Gasteiger partial charge in [0.25, 0.3) is 11.2 Å². The molecule has 5 aromatic rings. The monoisotopic (exact) mass is 795 g/mol. The van der Waals surface area contributed by atoms with Crippen LogP contribution in [0.3, 0.4) is 0 Å². The van der Waals surface area contributed by atoms with E-state index >= 15 is 0 Å². The maximum Gasteiger partial charge on any atom is 0.271 e. The zero-order valence-corrected chi connectivity index (χ0v) is 29.2. The number of aryl methyl sites for hydroxylation is 1. The molecule has 0 spiro atoms. The molecule has 0 unspecified atom stereocenters. The van der Waals surface area contributed by atoms with Crippen LogP contribution in [0.5, 0.6) is 5.75 Å². The Labute approximate surface area is 293 Å². The van der Waals surface area contributed by atoms with Crippen LogP contribution in [0.2, 0.25) is 10.0 Å². The molecule has 7 rings (SSSR count). The van der Waals surface area contributed by atoms with E-state index in [0.29, 0.717) is 46.1 Å². The third kappa shape index (κ3) is 5.77. The molecule has 4 aromatic carbocycles. The molecule has 12 heteroatoms. The number of hydrogen-bond acceptors (Lipinski definition) is 6. The first-order valence-electron chi connectivity index (χ1n) is 14.1. The summed E-state index contributed by atoms with van der Waals surface area (Å²) < 4.78 is 9.62. The summed E-state index contributed by atoms with van der Waals surface area (Å²) in [4.78, 5) is 31.0. The molecule has 2 heterocycles. The largest absolute Gasteiger partial charge is 0.486 e. The van der Waals surface area contributed by atoms with Crippen molar-refractivity contribution < 1.29 is 9.66 Å². The second-order valence-electron chi connectivity index (χ2n) is 10.8.